The number of hydrogen-bond acceptors (Lipinski definition) is 2. The number of benzene rings is 2. The lowest BCUT2D eigenvalue weighted by Crippen LogP contribution is -2.40. The molecule has 2 aromatic rings. The lowest BCUT2D eigenvalue weighted by atomic mass is 9.96. The first-order valence-electron chi connectivity index (χ1n) is 8.55. The number of nitrogens with one attached hydrogen (secondary N) is 1. The maximum Gasteiger partial charge on any atom is 0.228 e. The van der Waals surface area contributed by atoms with Gasteiger partial charge in [0.1, 0.15) is 0 Å². The molecule has 132 valence electrons. The van der Waals surface area contributed by atoms with E-state index in [-0.39, 0.29) is 11.8 Å². The van der Waals surface area contributed by atoms with Crippen LogP contribution >= 0.6 is 23.2 Å². The van der Waals surface area contributed by atoms with Gasteiger partial charge < -0.3 is 5.32 Å². The smallest absolute Gasteiger partial charge is 0.228 e. The molecule has 1 atom stereocenters. The van der Waals surface area contributed by atoms with Gasteiger partial charge in [-0.05, 0) is 50.6 Å². The van der Waals surface area contributed by atoms with Gasteiger partial charge >= 0.3 is 0 Å². The third-order valence-electron chi connectivity index (χ3n) is 4.64. The molecule has 1 aliphatic rings. The maximum atomic E-state index is 12.6. The zero-order valence-corrected chi connectivity index (χ0v) is 15.8. The number of rotatable bonds is 4. The molecule has 0 aliphatic carbocycles. The second-order valence-corrected chi connectivity index (χ2v) is 7.44. The normalized spacial score (nSPS) is 18.1. The molecule has 2 aromatic carbocycles. The maximum absolute atomic E-state index is 12.6. The number of anilines is 1. The largest absolute Gasteiger partial charge is 0.326 e. The predicted molar refractivity (Wildman–Crippen MR) is 104 cm³/mol. The fourth-order valence-electron chi connectivity index (χ4n) is 3.20. The van der Waals surface area contributed by atoms with E-state index < -0.39 is 0 Å². The van der Waals surface area contributed by atoms with Gasteiger partial charge in [0.15, 0.2) is 0 Å². The van der Waals surface area contributed by atoms with Crippen molar-refractivity contribution in [2.75, 3.05) is 18.4 Å². The number of nitrogens with zero attached hydrogens (tertiary/aromatic N) is 1. The van der Waals surface area contributed by atoms with E-state index in [0.717, 1.165) is 37.2 Å². The Hall–Kier alpha value is -1.55. The second kappa shape index (κ2) is 8.22. The van der Waals surface area contributed by atoms with Crippen LogP contribution in [0.5, 0.6) is 0 Å². The highest BCUT2D eigenvalue weighted by Gasteiger charge is 2.26. The van der Waals surface area contributed by atoms with Gasteiger partial charge in [0.2, 0.25) is 5.91 Å². The molecule has 1 fully saturated rings. The summed E-state index contributed by atoms with van der Waals surface area (Å²) in [6.07, 6.45) is 1.90. The fourth-order valence-corrected chi connectivity index (χ4v) is 3.72. The molecule has 1 aliphatic heterocycles. The molecule has 1 N–H and O–H groups in total. The Bertz CT molecular complexity index is 726. The summed E-state index contributed by atoms with van der Waals surface area (Å²) < 4.78 is 0. The highest BCUT2D eigenvalue weighted by molar-refractivity contribution is 6.35. The van der Waals surface area contributed by atoms with Crippen molar-refractivity contribution < 1.29 is 4.79 Å². The third kappa shape index (κ3) is 4.75. The second-order valence-electron chi connectivity index (χ2n) is 6.63. The summed E-state index contributed by atoms with van der Waals surface area (Å²) >= 11 is 12.6. The van der Waals surface area contributed by atoms with Crippen LogP contribution in [0, 0.1) is 12.8 Å². The SMILES string of the molecule is Cc1ccc(NC(=O)C2CCCN(Cc3c(Cl)cccc3Cl)C2)cc1. The number of carbonyl (C=O) groups excluding carboxylic acids is 1. The molecule has 0 spiro atoms. The molecule has 1 heterocycles. The summed E-state index contributed by atoms with van der Waals surface area (Å²) in [5.74, 6) is 0.0649. The summed E-state index contributed by atoms with van der Waals surface area (Å²) in [7, 11) is 0. The fraction of sp³-hybridized carbons (Fsp3) is 0.350. The Morgan fingerprint density at radius 1 is 1.16 bits per heavy atom. The first-order valence-corrected chi connectivity index (χ1v) is 9.31. The number of likely N-dealkylation sites (tertiary alicyclic amines) is 1. The van der Waals surface area contributed by atoms with E-state index in [1.165, 1.54) is 5.56 Å². The zero-order chi connectivity index (χ0) is 17.8. The van der Waals surface area contributed by atoms with Gasteiger partial charge in [-0.25, -0.2) is 0 Å². The van der Waals surface area contributed by atoms with Crippen molar-refractivity contribution in [3.63, 3.8) is 0 Å². The van der Waals surface area contributed by atoms with Crippen molar-refractivity contribution in [2.45, 2.75) is 26.3 Å². The molecule has 0 saturated carbocycles. The van der Waals surface area contributed by atoms with Gasteiger partial charge in [0.05, 0.1) is 5.92 Å². The van der Waals surface area contributed by atoms with Crippen LogP contribution in [-0.4, -0.2) is 23.9 Å². The van der Waals surface area contributed by atoms with Crippen molar-refractivity contribution >= 4 is 34.8 Å². The van der Waals surface area contributed by atoms with Crippen LogP contribution in [0.2, 0.25) is 10.0 Å². The number of carbonyl (C=O) groups is 1. The third-order valence-corrected chi connectivity index (χ3v) is 5.35. The topological polar surface area (TPSA) is 32.3 Å². The molecule has 3 rings (SSSR count). The number of halogens is 2. The number of aryl methyl sites for hydroxylation is 1. The van der Waals surface area contributed by atoms with Gasteiger partial charge in [-0.15, -0.1) is 0 Å². The molecule has 0 radical (unpaired) electrons. The van der Waals surface area contributed by atoms with Crippen LogP contribution in [0.1, 0.15) is 24.0 Å². The van der Waals surface area contributed by atoms with Gasteiger partial charge in [-0.1, -0.05) is 47.0 Å². The molecule has 25 heavy (non-hydrogen) atoms. The van der Waals surface area contributed by atoms with Gasteiger partial charge in [0.25, 0.3) is 0 Å². The lowest BCUT2D eigenvalue weighted by Gasteiger charge is -2.32. The molecule has 5 heteroatoms. The van der Waals surface area contributed by atoms with E-state index >= 15 is 0 Å². The summed E-state index contributed by atoms with van der Waals surface area (Å²) in [6.45, 7) is 4.38. The van der Waals surface area contributed by atoms with Crippen molar-refractivity contribution in [3.8, 4) is 0 Å². The zero-order valence-electron chi connectivity index (χ0n) is 14.3. The summed E-state index contributed by atoms with van der Waals surface area (Å²) in [5, 5.41) is 4.39. The number of hydrogen-bond donors (Lipinski definition) is 1. The lowest BCUT2D eigenvalue weighted by molar-refractivity contribution is -0.121. The minimum Gasteiger partial charge on any atom is -0.326 e. The van der Waals surface area contributed by atoms with E-state index in [1.54, 1.807) is 0 Å². The summed E-state index contributed by atoms with van der Waals surface area (Å²) in [5.41, 5.74) is 2.96. The average molecular weight is 377 g/mol. The highest BCUT2D eigenvalue weighted by atomic mass is 35.5. The molecular weight excluding hydrogens is 355 g/mol. The van der Waals surface area contributed by atoms with Crippen LogP contribution < -0.4 is 5.32 Å². The van der Waals surface area contributed by atoms with Gasteiger partial charge in [0, 0.05) is 34.4 Å². The van der Waals surface area contributed by atoms with E-state index in [2.05, 4.69) is 10.2 Å². The van der Waals surface area contributed by atoms with E-state index in [4.69, 9.17) is 23.2 Å². The quantitative estimate of drug-likeness (QED) is 0.799. The highest BCUT2D eigenvalue weighted by Crippen LogP contribution is 2.28. The molecule has 0 bridgehead atoms. The van der Waals surface area contributed by atoms with Crippen molar-refractivity contribution in [1.29, 1.82) is 0 Å². The van der Waals surface area contributed by atoms with Crippen LogP contribution in [0.3, 0.4) is 0 Å². The van der Waals surface area contributed by atoms with Crippen molar-refractivity contribution in [2.24, 2.45) is 5.92 Å². The van der Waals surface area contributed by atoms with Gasteiger partial charge in [-0.3, -0.25) is 9.69 Å². The molecule has 3 nitrogen and oxygen atoms in total. The molecule has 1 unspecified atom stereocenters. The van der Waals surface area contributed by atoms with E-state index in [9.17, 15) is 4.79 Å². The molecule has 1 saturated heterocycles. The van der Waals surface area contributed by atoms with Crippen LogP contribution in [0.25, 0.3) is 0 Å². The average Bonchev–Trinajstić information content (AvgIpc) is 2.60. The number of amides is 1. The van der Waals surface area contributed by atoms with Crippen molar-refractivity contribution in [3.05, 3.63) is 63.6 Å². The van der Waals surface area contributed by atoms with E-state index in [1.807, 2.05) is 49.4 Å². The Morgan fingerprint density at radius 3 is 2.52 bits per heavy atom. The monoisotopic (exact) mass is 376 g/mol. The first kappa shape index (κ1) is 18.2. The van der Waals surface area contributed by atoms with Crippen molar-refractivity contribution in [1.82, 2.24) is 4.90 Å². The Labute approximate surface area is 158 Å². The van der Waals surface area contributed by atoms with Crippen LogP contribution in [0.15, 0.2) is 42.5 Å². The molecular formula is C20H22Cl2N2O. The Morgan fingerprint density at radius 2 is 1.84 bits per heavy atom. The van der Waals surface area contributed by atoms with E-state index in [0.29, 0.717) is 16.6 Å². The van der Waals surface area contributed by atoms with Crippen LogP contribution in [-0.2, 0) is 11.3 Å². The standard InChI is InChI=1S/C20H22Cl2N2O/c1-14-7-9-16(10-8-14)23-20(25)15-4-3-11-24(12-15)13-17-18(21)5-2-6-19(17)22/h2,5-10,15H,3-4,11-13H2,1H3,(H,23,25). The van der Waals surface area contributed by atoms with Crippen LogP contribution in [0.4, 0.5) is 5.69 Å². The summed E-state index contributed by atoms with van der Waals surface area (Å²) in [4.78, 5) is 14.9. The molecule has 1 amide bonds. The predicted octanol–water partition coefficient (Wildman–Crippen LogP) is 5.15. The minimum atomic E-state index is -0.0173. The number of piperidine rings is 1. The Kier molecular flexibility index (Phi) is 6.00. The van der Waals surface area contributed by atoms with Gasteiger partial charge in [-0.2, -0.15) is 0 Å². The minimum absolute atomic E-state index is 0.0173. The summed E-state index contributed by atoms with van der Waals surface area (Å²) in [6, 6.07) is 13.4. The molecule has 0 aromatic heterocycles. The Balaban J connectivity index is 1.62. The first-order chi connectivity index (χ1) is 12.0.